The largest absolute Gasteiger partial charge is 0.512 e. The number of thiophene rings is 1. The molecule has 8 heteroatoms. The first kappa shape index (κ1) is 17.4. The van der Waals surface area contributed by atoms with Crippen molar-refractivity contribution in [3.63, 3.8) is 0 Å². The van der Waals surface area contributed by atoms with Crippen LogP contribution >= 0.6 is 11.3 Å². The van der Waals surface area contributed by atoms with Crippen molar-refractivity contribution in [2.24, 2.45) is 7.05 Å². The molecule has 0 atom stereocenters. The number of aromatic hydroxyl groups is 1. The van der Waals surface area contributed by atoms with E-state index in [1.165, 1.54) is 18.4 Å². The highest BCUT2D eigenvalue weighted by Crippen LogP contribution is 2.31. The fourth-order valence-electron chi connectivity index (χ4n) is 2.31. The van der Waals surface area contributed by atoms with Crippen molar-refractivity contribution in [3.05, 3.63) is 63.3 Å². The minimum absolute atomic E-state index is 0.201. The summed E-state index contributed by atoms with van der Waals surface area (Å²) in [5, 5.41) is 20.4. The van der Waals surface area contributed by atoms with Crippen LogP contribution in [-0.4, -0.2) is 25.9 Å². The van der Waals surface area contributed by atoms with Crippen LogP contribution < -0.4 is 10.3 Å². The lowest BCUT2D eigenvalue weighted by Gasteiger charge is -2.10. The van der Waals surface area contributed by atoms with Crippen LogP contribution in [0.15, 0.2) is 46.6 Å². The van der Waals surface area contributed by atoms with Crippen molar-refractivity contribution in [3.8, 4) is 22.3 Å². The summed E-state index contributed by atoms with van der Waals surface area (Å²) >= 11 is 1.34. The molecule has 0 saturated carbocycles. The van der Waals surface area contributed by atoms with Crippen LogP contribution in [0, 0.1) is 0 Å². The molecule has 2 aromatic heterocycles. The van der Waals surface area contributed by atoms with Crippen LogP contribution in [0.5, 0.6) is 11.6 Å². The first-order chi connectivity index (χ1) is 12.5. The maximum absolute atomic E-state index is 12.2. The monoisotopic (exact) mass is 370 g/mol. The Kier molecular flexibility index (Phi) is 4.85. The molecule has 2 N–H and O–H groups in total. The van der Waals surface area contributed by atoms with Gasteiger partial charge in [0.2, 0.25) is 5.75 Å². The normalized spacial score (nSPS) is 11.0. The number of carboxylic acid groups (broad SMARTS) is 1. The Balaban J connectivity index is 2.07. The van der Waals surface area contributed by atoms with Gasteiger partial charge in [-0.05, 0) is 22.6 Å². The zero-order valence-electron chi connectivity index (χ0n) is 13.6. The molecule has 0 bridgehead atoms. The molecule has 3 aromatic rings. The zero-order chi connectivity index (χ0) is 18.7. The van der Waals surface area contributed by atoms with E-state index in [1.807, 2.05) is 53.9 Å². The third-order valence-electron chi connectivity index (χ3n) is 3.57. The third-order valence-corrected chi connectivity index (χ3v) is 4.50. The summed E-state index contributed by atoms with van der Waals surface area (Å²) in [6.07, 6.45) is 2.12. The predicted molar refractivity (Wildman–Crippen MR) is 98.5 cm³/mol. The molecule has 7 nitrogen and oxygen atoms in total. The molecule has 3 rings (SSSR count). The van der Waals surface area contributed by atoms with E-state index in [1.54, 1.807) is 0 Å². The molecule has 0 amide bonds. The quantitative estimate of drug-likeness (QED) is 0.682. The summed E-state index contributed by atoms with van der Waals surface area (Å²) in [5.41, 5.74) is 1.01. The van der Waals surface area contributed by atoms with Crippen LogP contribution in [0.4, 0.5) is 4.79 Å². The molecule has 0 unspecified atom stereocenters. The van der Waals surface area contributed by atoms with Gasteiger partial charge in [0.15, 0.2) is 5.82 Å². The van der Waals surface area contributed by atoms with Gasteiger partial charge in [0.25, 0.3) is 11.4 Å². The number of aromatic nitrogens is 2. The Bertz CT molecular complexity index is 1040. The van der Waals surface area contributed by atoms with E-state index in [0.29, 0.717) is 4.88 Å². The molecule has 0 fully saturated rings. The van der Waals surface area contributed by atoms with Crippen LogP contribution in [0.3, 0.4) is 0 Å². The van der Waals surface area contributed by atoms with Crippen molar-refractivity contribution < 1.29 is 19.7 Å². The van der Waals surface area contributed by atoms with Crippen molar-refractivity contribution in [2.45, 2.75) is 0 Å². The van der Waals surface area contributed by atoms with Gasteiger partial charge in [0.1, 0.15) is 0 Å². The van der Waals surface area contributed by atoms with Gasteiger partial charge in [0.05, 0.1) is 4.88 Å². The fourth-order valence-corrected chi connectivity index (χ4v) is 3.22. The highest BCUT2D eigenvalue weighted by Gasteiger charge is 2.20. The number of rotatable bonds is 4. The van der Waals surface area contributed by atoms with Crippen molar-refractivity contribution in [2.75, 3.05) is 0 Å². The van der Waals surface area contributed by atoms with E-state index in [4.69, 9.17) is 5.11 Å². The average Bonchev–Trinajstić information content (AvgIpc) is 3.09. The third kappa shape index (κ3) is 3.50. The lowest BCUT2D eigenvalue weighted by molar-refractivity contribution is 0.140. The average molecular weight is 370 g/mol. The topological polar surface area (TPSA) is 102 Å². The Morgan fingerprint density at radius 2 is 1.96 bits per heavy atom. The van der Waals surface area contributed by atoms with Gasteiger partial charge >= 0.3 is 6.16 Å². The van der Waals surface area contributed by atoms with Crippen LogP contribution in [0.25, 0.3) is 22.9 Å². The van der Waals surface area contributed by atoms with E-state index in [2.05, 4.69) is 9.72 Å². The molecular weight excluding hydrogens is 356 g/mol. The summed E-state index contributed by atoms with van der Waals surface area (Å²) in [6, 6.07) is 11.5. The summed E-state index contributed by atoms with van der Waals surface area (Å²) < 4.78 is 5.57. The predicted octanol–water partition coefficient (Wildman–Crippen LogP) is 3.44. The number of nitrogens with zero attached hydrogens (tertiary/aromatic N) is 2. The second kappa shape index (κ2) is 7.24. The van der Waals surface area contributed by atoms with Gasteiger partial charge in [-0.1, -0.05) is 42.5 Å². The summed E-state index contributed by atoms with van der Waals surface area (Å²) in [7, 11) is 1.44. The highest BCUT2D eigenvalue weighted by atomic mass is 32.1. The van der Waals surface area contributed by atoms with E-state index in [9.17, 15) is 14.7 Å². The molecule has 0 spiro atoms. The van der Waals surface area contributed by atoms with E-state index in [0.717, 1.165) is 15.7 Å². The maximum atomic E-state index is 12.2. The van der Waals surface area contributed by atoms with Gasteiger partial charge < -0.3 is 14.9 Å². The molecule has 0 aliphatic heterocycles. The van der Waals surface area contributed by atoms with Gasteiger partial charge in [-0.25, -0.2) is 4.79 Å². The molecule has 0 aliphatic carbocycles. The highest BCUT2D eigenvalue weighted by molar-refractivity contribution is 7.13. The van der Waals surface area contributed by atoms with E-state index < -0.39 is 23.3 Å². The van der Waals surface area contributed by atoms with E-state index in [-0.39, 0.29) is 5.82 Å². The van der Waals surface area contributed by atoms with Crippen molar-refractivity contribution in [1.29, 1.82) is 0 Å². The minimum atomic E-state index is -1.66. The van der Waals surface area contributed by atoms with Crippen molar-refractivity contribution in [1.82, 2.24) is 9.55 Å². The van der Waals surface area contributed by atoms with Gasteiger partial charge in [-0.15, -0.1) is 11.3 Å². The molecule has 1 aromatic carbocycles. The zero-order valence-corrected chi connectivity index (χ0v) is 14.4. The molecule has 132 valence electrons. The molecule has 0 saturated heterocycles. The molecule has 2 heterocycles. The lowest BCUT2D eigenvalue weighted by Crippen LogP contribution is -2.21. The summed E-state index contributed by atoms with van der Waals surface area (Å²) in [4.78, 5) is 27.6. The van der Waals surface area contributed by atoms with E-state index >= 15 is 0 Å². The SMILES string of the molecule is Cn1c(-c2sccc2/C=C/c2ccccc2)nc(OC(=O)O)c(O)c1=O. The minimum Gasteiger partial charge on any atom is -0.499 e. The summed E-state index contributed by atoms with van der Waals surface area (Å²) in [6.45, 7) is 0. The first-order valence-corrected chi connectivity index (χ1v) is 8.37. The number of hydrogen-bond donors (Lipinski definition) is 2. The summed E-state index contributed by atoms with van der Waals surface area (Å²) in [5.74, 6) is -1.29. The standard InChI is InChI=1S/C18H14N2O5S/c1-20-15(19-16(25-18(23)24)13(21)17(20)22)14-12(9-10-26-14)8-7-11-5-3-2-4-6-11/h2-10,21H,1H3,(H,23,24)/b8-7+. The fraction of sp³-hybridized carbons (Fsp3) is 0.0556. The number of ether oxygens (including phenoxy) is 1. The molecule has 0 radical (unpaired) electrons. The first-order valence-electron chi connectivity index (χ1n) is 7.49. The smallest absolute Gasteiger partial charge is 0.499 e. The second-order valence-electron chi connectivity index (χ2n) is 5.27. The maximum Gasteiger partial charge on any atom is 0.512 e. The second-order valence-corrected chi connectivity index (χ2v) is 6.19. The Hall–Kier alpha value is -3.39. The Labute approximate surface area is 152 Å². The van der Waals surface area contributed by atoms with Gasteiger partial charge in [-0.2, -0.15) is 4.98 Å². The van der Waals surface area contributed by atoms with Crippen LogP contribution in [-0.2, 0) is 7.05 Å². The molecule has 26 heavy (non-hydrogen) atoms. The van der Waals surface area contributed by atoms with Crippen LogP contribution in [0.1, 0.15) is 11.1 Å². The molecular formula is C18H14N2O5S. The molecule has 0 aliphatic rings. The number of benzene rings is 1. The van der Waals surface area contributed by atoms with Gasteiger partial charge in [-0.3, -0.25) is 9.36 Å². The van der Waals surface area contributed by atoms with Crippen molar-refractivity contribution >= 4 is 29.6 Å². The lowest BCUT2D eigenvalue weighted by atomic mass is 10.1. The van der Waals surface area contributed by atoms with Crippen LogP contribution in [0.2, 0.25) is 0 Å². The Morgan fingerprint density at radius 3 is 2.65 bits per heavy atom. The number of carbonyl (C=O) groups is 1. The van der Waals surface area contributed by atoms with Gasteiger partial charge in [0, 0.05) is 7.05 Å². The number of hydrogen-bond acceptors (Lipinski definition) is 6. The Morgan fingerprint density at radius 1 is 1.23 bits per heavy atom.